The summed E-state index contributed by atoms with van der Waals surface area (Å²) in [5.74, 6) is -0.841. The molecule has 1 amide bonds. The number of amides is 1. The Morgan fingerprint density at radius 3 is 2.43 bits per heavy atom. The molecule has 0 aromatic rings. The summed E-state index contributed by atoms with van der Waals surface area (Å²) in [5.41, 5.74) is 0. The Kier molecular flexibility index (Phi) is 5.85. The summed E-state index contributed by atoms with van der Waals surface area (Å²) < 4.78 is 5.07. The van der Waals surface area contributed by atoms with Gasteiger partial charge in [-0.2, -0.15) is 0 Å². The number of hydrogen-bond donors (Lipinski definition) is 1. The Morgan fingerprint density at radius 2 is 1.81 bits per heavy atom. The minimum absolute atomic E-state index is 0.178. The van der Waals surface area contributed by atoms with Crippen molar-refractivity contribution in [2.24, 2.45) is 5.92 Å². The van der Waals surface area contributed by atoms with Crippen molar-refractivity contribution in [1.82, 2.24) is 9.80 Å². The molecule has 0 bridgehead atoms. The van der Waals surface area contributed by atoms with Crippen LogP contribution >= 0.6 is 0 Å². The molecular weight excluding hydrogens is 272 g/mol. The summed E-state index contributed by atoms with van der Waals surface area (Å²) in [7, 11) is 0. The van der Waals surface area contributed by atoms with Crippen LogP contribution in [0.5, 0.6) is 0 Å². The van der Waals surface area contributed by atoms with Crippen LogP contribution in [-0.4, -0.2) is 65.8 Å². The van der Waals surface area contributed by atoms with Crippen molar-refractivity contribution >= 4 is 12.1 Å². The van der Waals surface area contributed by atoms with E-state index in [9.17, 15) is 9.59 Å². The van der Waals surface area contributed by atoms with Gasteiger partial charge < -0.3 is 19.6 Å². The van der Waals surface area contributed by atoms with Crippen LogP contribution in [0.25, 0.3) is 0 Å². The molecule has 1 N–H and O–H groups in total. The molecule has 0 aromatic carbocycles. The molecule has 6 heteroatoms. The Labute approximate surface area is 126 Å². The van der Waals surface area contributed by atoms with Crippen molar-refractivity contribution in [2.45, 2.75) is 45.1 Å². The molecule has 0 radical (unpaired) electrons. The van der Waals surface area contributed by atoms with Crippen LogP contribution in [0.2, 0.25) is 0 Å². The molecule has 2 aliphatic rings. The number of carboxylic acids is 1. The zero-order chi connectivity index (χ0) is 15.2. The van der Waals surface area contributed by atoms with E-state index in [1.807, 2.05) is 6.92 Å². The maximum Gasteiger partial charge on any atom is 0.409 e. The molecule has 2 heterocycles. The first-order valence-electron chi connectivity index (χ1n) is 8.00. The molecular formula is C15H26N2O4. The van der Waals surface area contributed by atoms with Crippen molar-refractivity contribution in [3.63, 3.8) is 0 Å². The van der Waals surface area contributed by atoms with E-state index < -0.39 is 5.97 Å². The highest BCUT2D eigenvalue weighted by Gasteiger charge is 2.30. The average Bonchev–Trinajstić information content (AvgIpc) is 2.73. The van der Waals surface area contributed by atoms with Gasteiger partial charge in [-0.15, -0.1) is 0 Å². The second kappa shape index (κ2) is 7.64. The van der Waals surface area contributed by atoms with Crippen LogP contribution in [0.15, 0.2) is 0 Å². The van der Waals surface area contributed by atoms with Gasteiger partial charge >= 0.3 is 12.1 Å². The lowest BCUT2D eigenvalue weighted by molar-refractivity contribution is -0.143. The number of carbonyl (C=O) groups excluding carboxylic acids is 1. The zero-order valence-corrected chi connectivity index (χ0v) is 12.8. The number of piperidine rings is 1. The Balaban J connectivity index is 1.81. The number of carboxylic acid groups (broad SMARTS) is 1. The fourth-order valence-electron chi connectivity index (χ4n) is 3.35. The highest BCUT2D eigenvalue weighted by atomic mass is 16.6. The molecule has 120 valence electrons. The van der Waals surface area contributed by atoms with Gasteiger partial charge in [-0.25, -0.2) is 4.79 Å². The third-order valence-electron chi connectivity index (χ3n) is 4.62. The highest BCUT2D eigenvalue weighted by molar-refractivity contribution is 5.70. The van der Waals surface area contributed by atoms with Gasteiger partial charge in [0.05, 0.1) is 12.5 Å². The van der Waals surface area contributed by atoms with Crippen molar-refractivity contribution in [3.05, 3.63) is 0 Å². The summed E-state index contributed by atoms with van der Waals surface area (Å²) in [6.45, 7) is 5.47. The maximum atomic E-state index is 11.8. The minimum atomic E-state index is -0.663. The van der Waals surface area contributed by atoms with Crippen molar-refractivity contribution in [1.29, 1.82) is 0 Å². The molecule has 0 unspecified atom stereocenters. The van der Waals surface area contributed by atoms with Gasteiger partial charge in [0.15, 0.2) is 0 Å². The summed E-state index contributed by atoms with van der Waals surface area (Å²) >= 11 is 0. The number of aliphatic carboxylic acids is 1. The predicted octanol–water partition coefficient (Wildman–Crippen LogP) is 1.79. The summed E-state index contributed by atoms with van der Waals surface area (Å²) in [6, 6.07) is 0.471. The smallest absolute Gasteiger partial charge is 0.409 e. The van der Waals surface area contributed by atoms with E-state index >= 15 is 0 Å². The molecule has 0 aromatic heterocycles. The molecule has 0 spiro atoms. The summed E-state index contributed by atoms with van der Waals surface area (Å²) in [6.07, 6.45) is 4.30. The molecule has 1 atom stereocenters. The van der Waals surface area contributed by atoms with E-state index in [-0.39, 0.29) is 12.0 Å². The van der Waals surface area contributed by atoms with Gasteiger partial charge in [-0.05, 0) is 52.1 Å². The quantitative estimate of drug-likeness (QED) is 0.860. The van der Waals surface area contributed by atoms with Crippen LogP contribution in [0, 0.1) is 5.92 Å². The second-order valence-electron chi connectivity index (χ2n) is 5.92. The monoisotopic (exact) mass is 298 g/mol. The van der Waals surface area contributed by atoms with Gasteiger partial charge in [0, 0.05) is 19.1 Å². The van der Waals surface area contributed by atoms with Crippen LogP contribution in [0.1, 0.15) is 39.0 Å². The topological polar surface area (TPSA) is 70.1 Å². The largest absolute Gasteiger partial charge is 0.481 e. The predicted molar refractivity (Wildman–Crippen MR) is 78.2 cm³/mol. The normalized spacial score (nSPS) is 25.4. The van der Waals surface area contributed by atoms with Crippen molar-refractivity contribution in [2.75, 3.05) is 32.8 Å². The van der Waals surface area contributed by atoms with Gasteiger partial charge in [-0.1, -0.05) is 0 Å². The Hall–Kier alpha value is -1.30. The van der Waals surface area contributed by atoms with E-state index in [2.05, 4.69) is 4.90 Å². The number of likely N-dealkylation sites (tertiary alicyclic amines) is 2. The van der Waals surface area contributed by atoms with E-state index in [4.69, 9.17) is 9.84 Å². The van der Waals surface area contributed by atoms with E-state index in [1.54, 1.807) is 4.90 Å². The molecule has 21 heavy (non-hydrogen) atoms. The van der Waals surface area contributed by atoms with Crippen LogP contribution in [0.4, 0.5) is 4.79 Å². The molecule has 0 saturated carbocycles. The molecule has 0 aliphatic carbocycles. The minimum Gasteiger partial charge on any atom is -0.481 e. The van der Waals surface area contributed by atoms with Crippen LogP contribution in [-0.2, 0) is 9.53 Å². The maximum absolute atomic E-state index is 11.8. The van der Waals surface area contributed by atoms with Gasteiger partial charge in [0.25, 0.3) is 0 Å². The molecule has 2 fully saturated rings. The summed E-state index contributed by atoms with van der Waals surface area (Å²) in [5, 5.41) is 9.05. The lowest BCUT2D eigenvalue weighted by Gasteiger charge is -2.36. The number of nitrogens with zero attached hydrogens (tertiary/aromatic N) is 2. The first-order valence-corrected chi connectivity index (χ1v) is 8.00. The van der Waals surface area contributed by atoms with Crippen LogP contribution < -0.4 is 0 Å². The zero-order valence-electron chi connectivity index (χ0n) is 12.8. The standard InChI is InChI=1S/C15H26N2O4/c1-2-21-15(20)17-8-3-4-13(7-11-17)16-9-5-12(6-10-16)14(18)19/h12-13H,2-11H2,1H3,(H,18,19)/t13-/m1/s1. The second-order valence-corrected chi connectivity index (χ2v) is 5.92. The lowest BCUT2D eigenvalue weighted by Crippen LogP contribution is -2.43. The highest BCUT2D eigenvalue weighted by Crippen LogP contribution is 2.24. The molecule has 2 rings (SSSR count). The number of hydrogen-bond acceptors (Lipinski definition) is 4. The Bertz CT molecular complexity index is 367. The molecule has 2 aliphatic heterocycles. The van der Waals surface area contributed by atoms with Crippen molar-refractivity contribution < 1.29 is 19.4 Å². The molecule has 6 nitrogen and oxygen atoms in total. The van der Waals surface area contributed by atoms with Crippen molar-refractivity contribution in [3.8, 4) is 0 Å². The Morgan fingerprint density at radius 1 is 1.10 bits per heavy atom. The summed E-state index contributed by atoms with van der Waals surface area (Å²) in [4.78, 5) is 27.0. The fraction of sp³-hybridized carbons (Fsp3) is 0.867. The number of carbonyl (C=O) groups is 2. The molecule has 2 saturated heterocycles. The van der Waals surface area contributed by atoms with Gasteiger partial charge in [0.1, 0.15) is 0 Å². The van der Waals surface area contributed by atoms with E-state index in [1.165, 1.54) is 0 Å². The van der Waals surface area contributed by atoms with Gasteiger partial charge in [0.2, 0.25) is 0 Å². The first-order chi connectivity index (χ1) is 10.1. The average molecular weight is 298 g/mol. The number of ether oxygens (including phenoxy) is 1. The van der Waals surface area contributed by atoms with E-state index in [0.717, 1.165) is 58.3 Å². The third kappa shape index (κ3) is 4.33. The third-order valence-corrected chi connectivity index (χ3v) is 4.62. The van der Waals surface area contributed by atoms with Gasteiger partial charge in [-0.3, -0.25) is 4.79 Å². The fourth-order valence-corrected chi connectivity index (χ4v) is 3.35. The van der Waals surface area contributed by atoms with E-state index in [0.29, 0.717) is 12.6 Å². The first kappa shape index (κ1) is 16.1. The van der Waals surface area contributed by atoms with Crippen LogP contribution in [0.3, 0.4) is 0 Å². The lowest BCUT2D eigenvalue weighted by atomic mass is 9.94. The SMILES string of the molecule is CCOC(=O)N1CCC[C@@H](N2CCC(C(=O)O)CC2)CC1. The number of rotatable bonds is 3.